The summed E-state index contributed by atoms with van der Waals surface area (Å²) in [6.45, 7) is 3.89. The SMILES string of the molecule is Cc1cc(Cl)c2ccc(C(C)N)cc2n1. The molecule has 0 radical (unpaired) electrons. The van der Waals surface area contributed by atoms with Crippen molar-refractivity contribution < 1.29 is 0 Å². The number of rotatable bonds is 1. The van der Waals surface area contributed by atoms with E-state index in [-0.39, 0.29) is 6.04 Å². The van der Waals surface area contributed by atoms with E-state index in [9.17, 15) is 0 Å². The summed E-state index contributed by atoms with van der Waals surface area (Å²) in [6, 6.07) is 7.86. The summed E-state index contributed by atoms with van der Waals surface area (Å²) in [5.74, 6) is 0. The molecule has 78 valence electrons. The van der Waals surface area contributed by atoms with Gasteiger partial charge in [0.15, 0.2) is 0 Å². The van der Waals surface area contributed by atoms with Gasteiger partial charge in [0.1, 0.15) is 0 Å². The van der Waals surface area contributed by atoms with E-state index in [1.54, 1.807) is 0 Å². The highest BCUT2D eigenvalue weighted by Crippen LogP contribution is 2.25. The lowest BCUT2D eigenvalue weighted by atomic mass is 10.1. The number of hydrogen-bond acceptors (Lipinski definition) is 2. The minimum absolute atomic E-state index is 0.0236. The van der Waals surface area contributed by atoms with E-state index in [4.69, 9.17) is 17.3 Å². The smallest absolute Gasteiger partial charge is 0.0723 e. The first-order valence-corrected chi connectivity index (χ1v) is 5.28. The number of fused-ring (bicyclic) bond motifs is 1. The lowest BCUT2D eigenvalue weighted by molar-refractivity contribution is 0.819. The zero-order chi connectivity index (χ0) is 11.0. The lowest BCUT2D eigenvalue weighted by Crippen LogP contribution is -2.04. The largest absolute Gasteiger partial charge is 0.324 e. The Morgan fingerprint density at radius 3 is 2.73 bits per heavy atom. The van der Waals surface area contributed by atoms with Crippen LogP contribution >= 0.6 is 11.6 Å². The predicted molar refractivity (Wildman–Crippen MR) is 64.1 cm³/mol. The molecule has 0 amide bonds. The molecule has 3 heteroatoms. The monoisotopic (exact) mass is 220 g/mol. The molecule has 0 aliphatic heterocycles. The molecule has 1 unspecified atom stereocenters. The molecule has 2 nitrogen and oxygen atoms in total. The van der Waals surface area contributed by atoms with Crippen LogP contribution in [-0.2, 0) is 0 Å². The summed E-state index contributed by atoms with van der Waals surface area (Å²) < 4.78 is 0. The summed E-state index contributed by atoms with van der Waals surface area (Å²) in [5, 5.41) is 1.72. The molecule has 2 N–H and O–H groups in total. The minimum Gasteiger partial charge on any atom is -0.324 e. The molecule has 0 fully saturated rings. The van der Waals surface area contributed by atoms with Gasteiger partial charge >= 0.3 is 0 Å². The van der Waals surface area contributed by atoms with Crippen molar-refractivity contribution in [1.29, 1.82) is 0 Å². The Morgan fingerprint density at radius 1 is 1.33 bits per heavy atom. The van der Waals surface area contributed by atoms with E-state index in [1.165, 1.54) is 0 Å². The van der Waals surface area contributed by atoms with E-state index in [0.29, 0.717) is 0 Å². The number of aryl methyl sites for hydroxylation is 1. The van der Waals surface area contributed by atoms with Gasteiger partial charge in [0.2, 0.25) is 0 Å². The van der Waals surface area contributed by atoms with Gasteiger partial charge in [-0.2, -0.15) is 0 Å². The number of benzene rings is 1. The van der Waals surface area contributed by atoms with Gasteiger partial charge in [-0.05, 0) is 31.5 Å². The number of nitrogens with zero attached hydrogens (tertiary/aromatic N) is 1. The van der Waals surface area contributed by atoms with Gasteiger partial charge in [0.25, 0.3) is 0 Å². The first-order valence-electron chi connectivity index (χ1n) is 4.90. The Morgan fingerprint density at radius 2 is 2.07 bits per heavy atom. The van der Waals surface area contributed by atoms with Crippen molar-refractivity contribution in [2.45, 2.75) is 19.9 Å². The highest BCUT2D eigenvalue weighted by atomic mass is 35.5. The van der Waals surface area contributed by atoms with Gasteiger partial charge in [0, 0.05) is 17.1 Å². The fraction of sp³-hybridized carbons (Fsp3) is 0.250. The maximum atomic E-state index is 6.12. The number of aromatic nitrogens is 1. The predicted octanol–water partition coefficient (Wildman–Crippen LogP) is 3.22. The standard InChI is InChI=1S/C12H13ClN2/c1-7-5-11(13)10-4-3-9(8(2)14)6-12(10)15-7/h3-6,8H,14H2,1-2H3. The Bertz CT molecular complexity index is 506. The van der Waals surface area contributed by atoms with Crippen LogP contribution in [0, 0.1) is 6.92 Å². The van der Waals surface area contributed by atoms with E-state index < -0.39 is 0 Å². The minimum atomic E-state index is 0.0236. The third kappa shape index (κ3) is 1.96. The van der Waals surface area contributed by atoms with Crippen molar-refractivity contribution in [1.82, 2.24) is 4.98 Å². The van der Waals surface area contributed by atoms with Crippen molar-refractivity contribution in [2.24, 2.45) is 5.73 Å². The Kier molecular flexibility index (Phi) is 2.63. The maximum absolute atomic E-state index is 6.12. The maximum Gasteiger partial charge on any atom is 0.0723 e. The topological polar surface area (TPSA) is 38.9 Å². The molecule has 0 saturated heterocycles. The average Bonchev–Trinajstić information content (AvgIpc) is 2.16. The average molecular weight is 221 g/mol. The first-order chi connectivity index (χ1) is 7.08. The fourth-order valence-corrected chi connectivity index (χ4v) is 1.93. The summed E-state index contributed by atoms with van der Waals surface area (Å²) in [4.78, 5) is 4.44. The molecule has 1 aromatic heterocycles. The Labute approximate surface area is 94.1 Å². The van der Waals surface area contributed by atoms with Crippen LogP contribution in [0.3, 0.4) is 0 Å². The molecule has 0 aliphatic carbocycles. The van der Waals surface area contributed by atoms with Crippen molar-refractivity contribution in [3.8, 4) is 0 Å². The van der Waals surface area contributed by atoms with E-state index in [0.717, 1.165) is 27.2 Å². The summed E-state index contributed by atoms with van der Waals surface area (Å²) >= 11 is 6.12. The molecule has 2 aromatic rings. The fourth-order valence-electron chi connectivity index (χ4n) is 1.61. The van der Waals surface area contributed by atoms with Crippen LogP contribution in [0.1, 0.15) is 24.2 Å². The van der Waals surface area contributed by atoms with Gasteiger partial charge < -0.3 is 5.73 Å². The number of pyridine rings is 1. The summed E-state index contributed by atoms with van der Waals surface area (Å²) in [6.07, 6.45) is 0. The normalized spacial score (nSPS) is 13.1. The zero-order valence-electron chi connectivity index (χ0n) is 8.79. The number of halogens is 1. The second-order valence-corrected chi connectivity index (χ2v) is 4.22. The molecular formula is C12H13ClN2. The van der Waals surface area contributed by atoms with Crippen molar-refractivity contribution in [3.63, 3.8) is 0 Å². The number of nitrogens with two attached hydrogens (primary N) is 1. The zero-order valence-corrected chi connectivity index (χ0v) is 9.55. The molecule has 0 bridgehead atoms. The third-order valence-corrected chi connectivity index (χ3v) is 2.75. The number of hydrogen-bond donors (Lipinski definition) is 1. The summed E-state index contributed by atoms with van der Waals surface area (Å²) in [5.41, 5.74) is 8.74. The van der Waals surface area contributed by atoms with Crippen molar-refractivity contribution in [2.75, 3.05) is 0 Å². The van der Waals surface area contributed by atoms with Crippen LogP contribution in [0.4, 0.5) is 0 Å². The van der Waals surface area contributed by atoms with E-state index in [2.05, 4.69) is 4.98 Å². The molecule has 15 heavy (non-hydrogen) atoms. The highest BCUT2D eigenvalue weighted by molar-refractivity contribution is 6.35. The molecule has 1 aromatic carbocycles. The summed E-state index contributed by atoms with van der Waals surface area (Å²) in [7, 11) is 0. The Hall–Kier alpha value is -1.12. The molecule has 2 rings (SSSR count). The van der Waals surface area contributed by atoms with Crippen LogP contribution in [-0.4, -0.2) is 4.98 Å². The van der Waals surface area contributed by atoms with Crippen LogP contribution in [0.2, 0.25) is 5.02 Å². The van der Waals surface area contributed by atoms with Crippen LogP contribution in [0.15, 0.2) is 24.3 Å². The van der Waals surface area contributed by atoms with Gasteiger partial charge in [-0.15, -0.1) is 0 Å². The third-order valence-electron chi connectivity index (χ3n) is 2.44. The second kappa shape index (κ2) is 3.80. The van der Waals surface area contributed by atoms with E-state index >= 15 is 0 Å². The van der Waals surface area contributed by atoms with Crippen molar-refractivity contribution in [3.05, 3.63) is 40.5 Å². The van der Waals surface area contributed by atoms with Crippen LogP contribution in [0.5, 0.6) is 0 Å². The Balaban J connectivity index is 2.71. The van der Waals surface area contributed by atoms with Gasteiger partial charge in [0.05, 0.1) is 10.5 Å². The molecule has 1 atom stereocenters. The quantitative estimate of drug-likeness (QED) is 0.802. The second-order valence-electron chi connectivity index (χ2n) is 3.81. The molecule has 0 saturated carbocycles. The lowest BCUT2D eigenvalue weighted by Gasteiger charge is -2.08. The van der Waals surface area contributed by atoms with Crippen molar-refractivity contribution >= 4 is 22.5 Å². The van der Waals surface area contributed by atoms with E-state index in [1.807, 2.05) is 38.1 Å². The molecular weight excluding hydrogens is 208 g/mol. The van der Waals surface area contributed by atoms with Crippen LogP contribution < -0.4 is 5.73 Å². The van der Waals surface area contributed by atoms with Crippen LogP contribution in [0.25, 0.3) is 10.9 Å². The first kappa shape index (κ1) is 10.4. The molecule has 0 spiro atoms. The highest BCUT2D eigenvalue weighted by Gasteiger charge is 2.05. The molecule has 1 heterocycles. The van der Waals surface area contributed by atoms with Gasteiger partial charge in [-0.25, -0.2) is 0 Å². The molecule has 0 aliphatic rings. The van der Waals surface area contributed by atoms with Gasteiger partial charge in [-0.3, -0.25) is 4.98 Å². The van der Waals surface area contributed by atoms with Gasteiger partial charge in [-0.1, -0.05) is 23.7 Å².